The summed E-state index contributed by atoms with van der Waals surface area (Å²) in [7, 11) is 0. The predicted molar refractivity (Wildman–Crippen MR) is 75.7 cm³/mol. The molecule has 1 aliphatic rings. The van der Waals surface area contributed by atoms with Crippen LogP contribution in [0.2, 0.25) is 0 Å². The molecule has 1 N–H and O–H groups in total. The smallest absolute Gasteiger partial charge is 0.123 e. The van der Waals surface area contributed by atoms with Gasteiger partial charge in [-0.25, -0.2) is 0 Å². The van der Waals surface area contributed by atoms with E-state index in [1.807, 2.05) is 31.2 Å². The van der Waals surface area contributed by atoms with Crippen LogP contribution in [-0.2, 0) is 0 Å². The molecular weight excluding hydrogens is 240 g/mol. The number of hydrogen-bond acceptors (Lipinski definition) is 3. The molecule has 0 aromatic heterocycles. The highest BCUT2D eigenvalue weighted by Gasteiger charge is 2.53. The average molecular weight is 264 g/mol. The topological polar surface area (TPSA) is 38.7 Å². The van der Waals surface area contributed by atoms with E-state index in [4.69, 9.17) is 9.47 Å². The Morgan fingerprint density at radius 2 is 1.89 bits per heavy atom. The van der Waals surface area contributed by atoms with Crippen molar-refractivity contribution in [2.45, 2.75) is 52.2 Å². The maximum atomic E-state index is 10.0. The van der Waals surface area contributed by atoms with Crippen LogP contribution < -0.4 is 9.47 Å². The Morgan fingerprint density at radius 3 is 2.47 bits per heavy atom. The summed E-state index contributed by atoms with van der Waals surface area (Å²) in [4.78, 5) is 0. The zero-order valence-electron chi connectivity index (χ0n) is 12.1. The summed E-state index contributed by atoms with van der Waals surface area (Å²) in [6, 6.07) is 7.74. The Kier molecular flexibility index (Phi) is 4.35. The van der Waals surface area contributed by atoms with Crippen LogP contribution in [0.4, 0.5) is 0 Å². The highest BCUT2D eigenvalue weighted by Crippen LogP contribution is 2.49. The Hall–Kier alpha value is -1.22. The van der Waals surface area contributed by atoms with E-state index in [0.717, 1.165) is 30.8 Å². The first kappa shape index (κ1) is 14.2. The van der Waals surface area contributed by atoms with E-state index < -0.39 is 0 Å². The molecule has 0 amide bonds. The molecule has 1 saturated carbocycles. The molecule has 1 aromatic rings. The van der Waals surface area contributed by atoms with Gasteiger partial charge in [0.1, 0.15) is 17.6 Å². The molecule has 1 aromatic carbocycles. The summed E-state index contributed by atoms with van der Waals surface area (Å²) in [5.41, 5.74) is -0.0817. The second-order valence-electron chi connectivity index (χ2n) is 5.21. The van der Waals surface area contributed by atoms with E-state index in [2.05, 4.69) is 13.8 Å². The first-order chi connectivity index (χ1) is 9.16. The van der Waals surface area contributed by atoms with Gasteiger partial charge >= 0.3 is 0 Å². The van der Waals surface area contributed by atoms with Crippen molar-refractivity contribution in [2.24, 2.45) is 5.41 Å². The van der Waals surface area contributed by atoms with Crippen LogP contribution in [0.15, 0.2) is 24.3 Å². The van der Waals surface area contributed by atoms with Crippen LogP contribution in [-0.4, -0.2) is 23.9 Å². The SMILES string of the molecule is CCOc1cccc(OC2CC(O)C2(CC)CC)c1. The van der Waals surface area contributed by atoms with Crippen molar-refractivity contribution in [3.63, 3.8) is 0 Å². The minimum Gasteiger partial charge on any atom is -0.494 e. The quantitative estimate of drug-likeness (QED) is 0.855. The van der Waals surface area contributed by atoms with Crippen molar-refractivity contribution < 1.29 is 14.6 Å². The second kappa shape index (κ2) is 5.83. The minimum atomic E-state index is -0.234. The van der Waals surface area contributed by atoms with Gasteiger partial charge in [-0.1, -0.05) is 19.9 Å². The van der Waals surface area contributed by atoms with Gasteiger partial charge < -0.3 is 14.6 Å². The fourth-order valence-electron chi connectivity index (χ4n) is 3.04. The van der Waals surface area contributed by atoms with E-state index in [1.54, 1.807) is 0 Å². The molecule has 2 atom stereocenters. The lowest BCUT2D eigenvalue weighted by molar-refractivity contribution is -0.159. The zero-order valence-corrected chi connectivity index (χ0v) is 12.1. The third-order valence-corrected chi connectivity index (χ3v) is 4.45. The fourth-order valence-corrected chi connectivity index (χ4v) is 3.04. The van der Waals surface area contributed by atoms with Gasteiger partial charge in [0.2, 0.25) is 0 Å². The summed E-state index contributed by atoms with van der Waals surface area (Å²) in [6.45, 7) is 6.87. The number of ether oxygens (including phenoxy) is 2. The van der Waals surface area contributed by atoms with Gasteiger partial charge in [0.05, 0.1) is 12.7 Å². The molecular formula is C16H24O3. The molecule has 106 valence electrons. The minimum absolute atomic E-state index is 0.0817. The molecule has 0 radical (unpaired) electrons. The van der Waals surface area contributed by atoms with Crippen molar-refractivity contribution in [1.82, 2.24) is 0 Å². The van der Waals surface area contributed by atoms with Crippen molar-refractivity contribution >= 4 is 0 Å². The standard InChI is InChI=1S/C16H24O3/c1-4-16(5-2)14(17)11-15(16)19-13-9-7-8-12(10-13)18-6-3/h7-10,14-15,17H,4-6,11H2,1-3H3. The fraction of sp³-hybridized carbons (Fsp3) is 0.625. The lowest BCUT2D eigenvalue weighted by Crippen LogP contribution is -2.59. The van der Waals surface area contributed by atoms with E-state index in [9.17, 15) is 5.11 Å². The van der Waals surface area contributed by atoms with Gasteiger partial charge in [0.25, 0.3) is 0 Å². The Balaban J connectivity index is 2.07. The maximum Gasteiger partial charge on any atom is 0.123 e. The van der Waals surface area contributed by atoms with Crippen LogP contribution in [0.1, 0.15) is 40.0 Å². The summed E-state index contributed by atoms with van der Waals surface area (Å²) in [5, 5.41) is 10.0. The number of benzene rings is 1. The maximum absolute atomic E-state index is 10.0. The third-order valence-electron chi connectivity index (χ3n) is 4.45. The van der Waals surface area contributed by atoms with Crippen LogP contribution in [0.3, 0.4) is 0 Å². The second-order valence-corrected chi connectivity index (χ2v) is 5.21. The third kappa shape index (κ3) is 2.57. The van der Waals surface area contributed by atoms with Crippen LogP contribution in [0.5, 0.6) is 11.5 Å². The normalized spacial score (nSPS) is 24.6. The predicted octanol–water partition coefficient (Wildman–Crippen LogP) is 3.40. The Labute approximate surface area is 115 Å². The van der Waals surface area contributed by atoms with Crippen LogP contribution in [0, 0.1) is 5.41 Å². The van der Waals surface area contributed by atoms with E-state index in [-0.39, 0.29) is 17.6 Å². The van der Waals surface area contributed by atoms with Gasteiger partial charge in [0, 0.05) is 17.9 Å². The number of rotatable bonds is 6. The molecule has 2 unspecified atom stereocenters. The van der Waals surface area contributed by atoms with Gasteiger partial charge in [-0.05, 0) is 31.9 Å². The van der Waals surface area contributed by atoms with Gasteiger partial charge in [-0.15, -0.1) is 0 Å². The largest absolute Gasteiger partial charge is 0.494 e. The van der Waals surface area contributed by atoms with Crippen LogP contribution in [0.25, 0.3) is 0 Å². The molecule has 0 aliphatic heterocycles. The number of aliphatic hydroxyl groups excluding tert-OH is 1. The highest BCUT2D eigenvalue weighted by molar-refractivity contribution is 5.33. The molecule has 3 nitrogen and oxygen atoms in total. The molecule has 1 aliphatic carbocycles. The molecule has 0 heterocycles. The molecule has 2 rings (SSSR count). The van der Waals surface area contributed by atoms with Crippen molar-refractivity contribution in [3.05, 3.63) is 24.3 Å². The number of hydrogen-bond donors (Lipinski definition) is 1. The van der Waals surface area contributed by atoms with Gasteiger partial charge in [0.15, 0.2) is 0 Å². The summed E-state index contributed by atoms with van der Waals surface area (Å²) >= 11 is 0. The first-order valence-corrected chi connectivity index (χ1v) is 7.23. The molecule has 0 bridgehead atoms. The van der Waals surface area contributed by atoms with Crippen molar-refractivity contribution in [3.8, 4) is 11.5 Å². The van der Waals surface area contributed by atoms with E-state index in [1.165, 1.54) is 0 Å². The van der Waals surface area contributed by atoms with E-state index in [0.29, 0.717) is 6.61 Å². The Morgan fingerprint density at radius 1 is 1.21 bits per heavy atom. The molecule has 0 spiro atoms. The summed E-state index contributed by atoms with van der Waals surface area (Å²) < 4.78 is 11.5. The molecule has 0 saturated heterocycles. The first-order valence-electron chi connectivity index (χ1n) is 7.23. The summed E-state index contributed by atoms with van der Waals surface area (Å²) in [6.07, 6.45) is 2.48. The molecule has 3 heteroatoms. The summed E-state index contributed by atoms with van der Waals surface area (Å²) in [5.74, 6) is 1.66. The van der Waals surface area contributed by atoms with E-state index >= 15 is 0 Å². The number of aliphatic hydroxyl groups is 1. The average Bonchev–Trinajstić information content (AvgIpc) is 2.41. The zero-order chi connectivity index (χ0) is 13.9. The van der Waals surface area contributed by atoms with Gasteiger partial charge in [-0.2, -0.15) is 0 Å². The molecule has 1 fully saturated rings. The Bertz CT molecular complexity index is 412. The van der Waals surface area contributed by atoms with Gasteiger partial charge in [-0.3, -0.25) is 0 Å². The lowest BCUT2D eigenvalue weighted by atomic mass is 9.60. The van der Waals surface area contributed by atoms with Crippen molar-refractivity contribution in [1.29, 1.82) is 0 Å². The van der Waals surface area contributed by atoms with Crippen molar-refractivity contribution in [2.75, 3.05) is 6.61 Å². The monoisotopic (exact) mass is 264 g/mol. The lowest BCUT2D eigenvalue weighted by Gasteiger charge is -2.52. The highest BCUT2D eigenvalue weighted by atomic mass is 16.5. The molecule has 19 heavy (non-hydrogen) atoms. The van der Waals surface area contributed by atoms with Crippen LogP contribution >= 0.6 is 0 Å².